The largest absolute Gasteiger partial charge is 0.496 e. The first-order valence-corrected chi connectivity index (χ1v) is 12.9. The number of likely N-dealkylation sites (N-methyl/N-ethyl adjacent to an activating group) is 1. The molecule has 1 N–H and O–H groups in total. The van der Waals surface area contributed by atoms with Crippen LogP contribution in [0.4, 0.5) is 5.69 Å². The van der Waals surface area contributed by atoms with Crippen LogP contribution in [-0.4, -0.2) is 77.7 Å². The quantitative estimate of drug-likeness (QED) is 0.249. The summed E-state index contributed by atoms with van der Waals surface area (Å²) in [5.74, 6) is -0.262. The second kappa shape index (κ2) is 12.6. The number of carbonyl (C=O) groups excluding carboxylic acids is 3. The highest BCUT2D eigenvalue weighted by Gasteiger charge is 2.27. The zero-order chi connectivity index (χ0) is 27.9. The van der Waals surface area contributed by atoms with Crippen molar-refractivity contribution in [2.24, 2.45) is 0 Å². The first-order chi connectivity index (χ1) is 18.8. The van der Waals surface area contributed by atoms with Crippen LogP contribution in [0, 0.1) is 0 Å². The number of Topliss-reactive ketones (excluding diaryl/α,β-unsaturated/α-hetero) is 1. The molecular formula is C29H30ClN5O4. The van der Waals surface area contributed by atoms with Crippen LogP contribution >= 0.6 is 11.6 Å². The van der Waals surface area contributed by atoms with Gasteiger partial charge in [0.2, 0.25) is 5.91 Å². The van der Waals surface area contributed by atoms with Crippen molar-refractivity contribution < 1.29 is 19.1 Å². The number of ether oxygens (including phenoxy) is 1. The molecule has 0 bridgehead atoms. The Morgan fingerprint density at radius 1 is 1.08 bits per heavy atom. The molecule has 0 radical (unpaired) electrons. The topological polar surface area (TPSA) is 105 Å². The number of amides is 2. The second-order valence-corrected chi connectivity index (χ2v) is 9.64. The number of piperazine rings is 1. The Morgan fingerprint density at radius 3 is 2.54 bits per heavy atom. The van der Waals surface area contributed by atoms with Crippen LogP contribution in [-0.2, 0) is 22.4 Å². The number of hydrogen-bond donors (Lipinski definition) is 1. The van der Waals surface area contributed by atoms with E-state index in [1.807, 2.05) is 13.1 Å². The minimum absolute atomic E-state index is 0.249. The Hall–Kier alpha value is -4.08. The van der Waals surface area contributed by atoms with Gasteiger partial charge in [0.25, 0.3) is 11.7 Å². The van der Waals surface area contributed by atoms with Gasteiger partial charge in [0.15, 0.2) is 0 Å². The van der Waals surface area contributed by atoms with Crippen molar-refractivity contribution >= 4 is 34.9 Å². The lowest BCUT2D eigenvalue weighted by Gasteiger charge is -2.32. The number of anilines is 1. The lowest BCUT2D eigenvalue weighted by molar-refractivity contribution is -0.128. The minimum Gasteiger partial charge on any atom is -0.496 e. The van der Waals surface area contributed by atoms with Crippen LogP contribution in [0.3, 0.4) is 0 Å². The number of rotatable bonds is 9. The molecule has 39 heavy (non-hydrogen) atoms. The molecule has 0 unspecified atom stereocenters. The summed E-state index contributed by atoms with van der Waals surface area (Å²) in [5, 5.41) is 3.09. The minimum atomic E-state index is -0.538. The van der Waals surface area contributed by atoms with E-state index in [0.717, 1.165) is 18.7 Å². The third kappa shape index (κ3) is 6.87. The number of benzene rings is 2. The lowest BCUT2D eigenvalue weighted by Crippen LogP contribution is -2.49. The van der Waals surface area contributed by atoms with Gasteiger partial charge in [-0.15, -0.1) is 0 Å². The van der Waals surface area contributed by atoms with Gasteiger partial charge in [-0.3, -0.25) is 14.4 Å². The summed E-state index contributed by atoms with van der Waals surface area (Å²) in [6.45, 7) is 5.97. The van der Waals surface area contributed by atoms with E-state index < -0.39 is 11.7 Å². The van der Waals surface area contributed by atoms with Crippen molar-refractivity contribution in [1.29, 1.82) is 0 Å². The number of carbonyl (C=O) groups is 3. The monoisotopic (exact) mass is 547 g/mol. The lowest BCUT2D eigenvalue weighted by atomic mass is 9.98. The number of methoxy groups -OCH3 is 1. The average Bonchev–Trinajstić information content (AvgIpc) is 2.95. The van der Waals surface area contributed by atoms with Crippen molar-refractivity contribution in [1.82, 2.24) is 19.8 Å². The van der Waals surface area contributed by atoms with Crippen LogP contribution in [0.2, 0.25) is 5.02 Å². The van der Waals surface area contributed by atoms with Gasteiger partial charge < -0.3 is 19.9 Å². The summed E-state index contributed by atoms with van der Waals surface area (Å²) in [6.07, 6.45) is 3.28. The SMILES string of the molecule is C=CC(=O)Nc1ccc(OC)c(Cc2ncc(Cl)c(Cc3ccccc3C(=O)C(=O)N3CCN(C)CC3)n2)c1. The van der Waals surface area contributed by atoms with Crippen LogP contribution in [0.5, 0.6) is 5.75 Å². The Kier molecular flexibility index (Phi) is 9.06. The fourth-order valence-corrected chi connectivity index (χ4v) is 4.51. The predicted molar refractivity (Wildman–Crippen MR) is 149 cm³/mol. The van der Waals surface area contributed by atoms with Crippen molar-refractivity contribution in [2.75, 3.05) is 45.7 Å². The highest BCUT2D eigenvalue weighted by Crippen LogP contribution is 2.26. The summed E-state index contributed by atoms with van der Waals surface area (Å²) in [4.78, 5) is 50.7. The van der Waals surface area contributed by atoms with Gasteiger partial charge in [-0.2, -0.15) is 0 Å². The van der Waals surface area contributed by atoms with E-state index >= 15 is 0 Å². The number of nitrogens with zero attached hydrogens (tertiary/aromatic N) is 4. The smallest absolute Gasteiger partial charge is 0.295 e. The van der Waals surface area contributed by atoms with Crippen molar-refractivity contribution in [3.63, 3.8) is 0 Å². The number of ketones is 1. The van der Waals surface area contributed by atoms with E-state index in [2.05, 4.69) is 26.8 Å². The van der Waals surface area contributed by atoms with Gasteiger partial charge in [0, 0.05) is 62.0 Å². The molecule has 0 spiro atoms. The molecule has 1 fully saturated rings. The molecule has 2 heterocycles. The van der Waals surface area contributed by atoms with E-state index in [0.29, 0.717) is 58.6 Å². The van der Waals surface area contributed by atoms with Gasteiger partial charge in [0.05, 0.1) is 17.8 Å². The predicted octanol–water partition coefficient (Wildman–Crippen LogP) is 3.40. The molecular weight excluding hydrogens is 518 g/mol. The molecule has 0 atom stereocenters. The summed E-state index contributed by atoms with van der Waals surface area (Å²) in [6, 6.07) is 12.3. The van der Waals surface area contributed by atoms with Gasteiger partial charge in [-0.25, -0.2) is 9.97 Å². The zero-order valence-corrected chi connectivity index (χ0v) is 22.7. The fourth-order valence-electron chi connectivity index (χ4n) is 4.36. The highest BCUT2D eigenvalue weighted by atomic mass is 35.5. The molecule has 1 aromatic heterocycles. The van der Waals surface area contributed by atoms with Gasteiger partial charge in [0.1, 0.15) is 11.6 Å². The summed E-state index contributed by atoms with van der Waals surface area (Å²) in [5.41, 5.74) is 2.88. The van der Waals surface area contributed by atoms with Crippen molar-refractivity contribution in [3.8, 4) is 5.75 Å². The summed E-state index contributed by atoms with van der Waals surface area (Å²) < 4.78 is 5.48. The number of hydrogen-bond acceptors (Lipinski definition) is 7. The van der Waals surface area contributed by atoms with Gasteiger partial charge in [-0.05, 0) is 36.9 Å². The molecule has 2 aromatic carbocycles. The highest BCUT2D eigenvalue weighted by molar-refractivity contribution is 6.43. The third-order valence-corrected chi connectivity index (χ3v) is 6.87. The molecule has 4 rings (SSSR count). The second-order valence-electron chi connectivity index (χ2n) is 9.24. The Morgan fingerprint density at radius 2 is 1.82 bits per heavy atom. The number of aromatic nitrogens is 2. The van der Waals surface area contributed by atoms with Gasteiger partial charge >= 0.3 is 0 Å². The molecule has 1 saturated heterocycles. The average molecular weight is 548 g/mol. The van der Waals surface area contributed by atoms with E-state index in [1.165, 1.54) is 12.3 Å². The van der Waals surface area contributed by atoms with E-state index in [-0.39, 0.29) is 12.3 Å². The van der Waals surface area contributed by atoms with Gasteiger partial charge in [-0.1, -0.05) is 42.4 Å². The number of nitrogens with one attached hydrogen (secondary N) is 1. The molecule has 1 aliphatic rings. The molecule has 202 valence electrons. The number of halogens is 1. The Bertz CT molecular complexity index is 1400. The van der Waals surface area contributed by atoms with Crippen LogP contribution in [0.1, 0.15) is 33.0 Å². The Balaban J connectivity index is 1.56. The molecule has 0 aliphatic carbocycles. The summed E-state index contributed by atoms with van der Waals surface area (Å²) in [7, 11) is 3.55. The van der Waals surface area contributed by atoms with Crippen LogP contribution in [0.25, 0.3) is 0 Å². The van der Waals surface area contributed by atoms with E-state index in [1.54, 1.807) is 48.4 Å². The molecule has 9 nitrogen and oxygen atoms in total. The molecule has 1 aliphatic heterocycles. The Labute approximate surface area is 232 Å². The van der Waals surface area contributed by atoms with Crippen LogP contribution in [0.15, 0.2) is 61.3 Å². The third-order valence-electron chi connectivity index (χ3n) is 6.55. The molecule has 0 saturated carbocycles. The standard InChI is InChI=1S/C29H30ClN5O4/c1-4-27(36)32-21-9-10-25(39-3)20(15-21)17-26-31-18-23(30)24(33-26)16-19-7-5-6-8-22(19)28(37)29(38)35-13-11-34(2)12-14-35/h4-10,15,18H,1,11-14,16-17H2,2-3H3,(H,32,36). The fraction of sp³-hybridized carbons (Fsp3) is 0.276. The van der Waals surface area contributed by atoms with E-state index in [4.69, 9.17) is 16.3 Å². The zero-order valence-electron chi connectivity index (χ0n) is 21.9. The maximum absolute atomic E-state index is 13.2. The summed E-state index contributed by atoms with van der Waals surface area (Å²) >= 11 is 6.46. The molecule has 10 heteroatoms. The first-order valence-electron chi connectivity index (χ1n) is 12.5. The van der Waals surface area contributed by atoms with Crippen molar-refractivity contribution in [3.05, 3.63) is 94.5 Å². The van der Waals surface area contributed by atoms with Crippen LogP contribution < -0.4 is 10.1 Å². The molecule has 2 amide bonds. The normalized spacial score (nSPS) is 13.6. The molecule has 3 aromatic rings. The maximum atomic E-state index is 13.2. The van der Waals surface area contributed by atoms with E-state index in [9.17, 15) is 14.4 Å². The first kappa shape index (κ1) is 27.9. The van der Waals surface area contributed by atoms with Crippen molar-refractivity contribution in [2.45, 2.75) is 12.8 Å². The maximum Gasteiger partial charge on any atom is 0.295 e.